The molecule has 0 radical (unpaired) electrons. The standard InChI is InChI=1S/C16H23N5O2S/c1-23-10-13-3-2-5-21(13)9-14-7-18-16(24-14)19-15(22)12-4-6-20(8-12)11-17/h7,12-13H,2-6,8-10H2,1H3,(H,18,19,22). The molecule has 0 spiro atoms. The lowest BCUT2D eigenvalue weighted by molar-refractivity contribution is -0.119. The molecule has 0 bridgehead atoms. The van der Waals surface area contributed by atoms with Crippen molar-refractivity contribution in [2.24, 2.45) is 5.92 Å². The molecule has 1 amide bonds. The van der Waals surface area contributed by atoms with E-state index in [1.54, 1.807) is 12.0 Å². The van der Waals surface area contributed by atoms with Crippen molar-refractivity contribution in [1.29, 1.82) is 5.26 Å². The monoisotopic (exact) mass is 349 g/mol. The minimum atomic E-state index is -0.123. The summed E-state index contributed by atoms with van der Waals surface area (Å²) < 4.78 is 5.29. The van der Waals surface area contributed by atoms with Crippen LogP contribution in [-0.4, -0.2) is 60.1 Å². The minimum absolute atomic E-state index is 0.0351. The van der Waals surface area contributed by atoms with Crippen LogP contribution in [-0.2, 0) is 16.1 Å². The molecule has 0 saturated carbocycles. The first-order chi connectivity index (χ1) is 11.7. The first-order valence-corrected chi connectivity index (χ1v) is 9.14. The molecule has 2 unspecified atom stereocenters. The Bertz CT molecular complexity index is 614. The zero-order valence-corrected chi connectivity index (χ0v) is 14.7. The Hall–Kier alpha value is -1.69. The summed E-state index contributed by atoms with van der Waals surface area (Å²) >= 11 is 1.53. The summed E-state index contributed by atoms with van der Waals surface area (Å²) in [4.78, 5) is 21.8. The molecular formula is C16H23N5O2S. The third kappa shape index (κ3) is 4.04. The summed E-state index contributed by atoms with van der Waals surface area (Å²) in [7, 11) is 1.74. The van der Waals surface area contributed by atoms with E-state index >= 15 is 0 Å². The quantitative estimate of drug-likeness (QED) is 0.784. The SMILES string of the molecule is COCC1CCCN1Cc1cnc(NC(=O)C2CCN(C#N)C2)s1. The van der Waals surface area contributed by atoms with Crippen LogP contribution in [0.1, 0.15) is 24.1 Å². The van der Waals surface area contributed by atoms with Gasteiger partial charge in [0, 0.05) is 43.9 Å². The summed E-state index contributed by atoms with van der Waals surface area (Å²) in [6, 6.07) is 0.477. The predicted molar refractivity (Wildman–Crippen MR) is 91.3 cm³/mol. The van der Waals surface area contributed by atoms with Crippen LogP contribution in [0.25, 0.3) is 0 Å². The molecule has 1 aromatic heterocycles. The second-order valence-electron chi connectivity index (χ2n) is 6.37. The van der Waals surface area contributed by atoms with E-state index in [-0.39, 0.29) is 11.8 Å². The first kappa shape index (κ1) is 17.1. The van der Waals surface area contributed by atoms with Crippen molar-refractivity contribution in [3.05, 3.63) is 11.1 Å². The molecule has 2 aliphatic rings. The lowest BCUT2D eigenvalue weighted by Crippen LogP contribution is -2.32. The topological polar surface area (TPSA) is 81.5 Å². The number of thiazole rings is 1. The number of amides is 1. The Balaban J connectivity index is 1.52. The van der Waals surface area contributed by atoms with Gasteiger partial charge in [0.15, 0.2) is 11.3 Å². The highest BCUT2D eigenvalue weighted by Gasteiger charge is 2.28. The fourth-order valence-electron chi connectivity index (χ4n) is 3.40. The van der Waals surface area contributed by atoms with Crippen LogP contribution >= 0.6 is 11.3 Å². The van der Waals surface area contributed by atoms with Crippen molar-refractivity contribution in [3.63, 3.8) is 0 Å². The van der Waals surface area contributed by atoms with Gasteiger partial charge >= 0.3 is 0 Å². The fraction of sp³-hybridized carbons (Fsp3) is 0.688. The normalized spacial score (nSPS) is 24.2. The third-order valence-electron chi connectivity index (χ3n) is 4.70. The maximum Gasteiger partial charge on any atom is 0.231 e. The van der Waals surface area contributed by atoms with E-state index in [2.05, 4.69) is 21.4 Å². The Labute approximate surface area is 146 Å². The predicted octanol–water partition coefficient (Wildman–Crippen LogP) is 1.50. The molecule has 3 heterocycles. The Morgan fingerprint density at radius 2 is 2.42 bits per heavy atom. The van der Waals surface area contributed by atoms with Crippen molar-refractivity contribution in [2.75, 3.05) is 38.7 Å². The van der Waals surface area contributed by atoms with E-state index in [0.717, 1.165) is 31.0 Å². The zero-order valence-electron chi connectivity index (χ0n) is 13.9. The smallest absolute Gasteiger partial charge is 0.231 e. The van der Waals surface area contributed by atoms with Gasteiger partial charge in [0.1, 0.15) is 0 Å². The number of anilines is 1. The number of carbonyl (C=O) groups is 1. The van der Waals surface area contributed by atoms with Gasteiger partial charge in [0.25, 0.3) is 0 Å². The highest BCUT2D eigenvalue weighted by atomic mass is 32.1. The molecule has 130 valence electrons. The van der Waals surface area contributed by atoms with Crippen LogP contribution < -0.4 is 5.32 Å². The number of nitrogens with one attached hydrogen (secondary N) is 1. The lowest BCUT2D eigenvalue weighted by atomic mass is 10.1. The molecule has 0 aliphatic carbocycles. The molecular weight excluding hydrogens is 326 g/mol. The van der Waals surface area contributed by atoms with Gasteiger partial charge in [-0.1, -0.05) is 0 Å². The first-order valence-electron chi connectivity index (χ1n) is 8.33. The number of nitrogens with zero attached hydrogens (tertiary/aromatic N) is 4. The second kappa shape index (κ2) is 7.92. The molecule has 1 N–H and O–H groups in total. The van der Waals surface area contributed by atoms with Gasteiger partial charge in [-0.3, -0.25) is 9.69 Å². The number of aromatic nitrogens is 1. The molecule has 1 aromatic rings. The molecule has 2 aliphatic heterocycles. The number of nitriles is 1. The van der Waals surface area contributed by atoms with Crippen LogP contribution in [0, 0.1) is 17.4 Å². The van der Waals surface area contributed by atoms with Gasteiger partial charge in [-0.05, 0) is 25.8 Å². The van der Waals surface area contributed by atoms with Crippen molar-refractivity contribution in [1.82, 2.24) is 14.8 Å². The van der Waals surface area contributed by atoms with Gasteiger partial charge in [0.2, 0.25) is 5.91 Å². The van der Waals surface area contributed by atoms with Crippen LogP contribution in [0.15, 0.2) is 6.20 Å². The molecule has 0 aromatic carbocycles. The number of rotatable bonds is 6. The van der Waals surface area contributed by atoms with E-state index in [4.69, 9.17) is 10.00 Å². The van der Waals surface area contributed by atoms with Crippen molar-refractivity contribution in [2.45, 2.75) is 31.8 Å². The van der Waals surface area contributed by atoms with Crippen molar-refractivity contribution in [3.8, 4) is 6.19 Å². The average Bonchev–Trinajstić information content (AvgIpc) is 3.30. The number of ether oxygens (including phenoxy) is 1. The van der Waals surface area contributed by atoms with E-state index in [0.29, 0.717) is 24.3 Å². The van der Waals surface area contributed by atoms with Gasteiger partial charge < -0.3 is 15.0 Å². The van der Waals surface area contributed by atoms with Crippen LogP contribution in [0.3, 0.4) is 0 Å². The number of likely N-dealkylation sites (tertiary alicyclic amines) is 2. The summed E-state index contributed by atoms with van der Waals surface area (Å²) in [5.74, 6) is -0.159. The van der Waals surface area contributed by atoms with Gasteiger partial charge in [-0.15, -0.1) is 11.3 Å². The lowest BCUT2D eigenvalue weighted by Gasteiger charge is -2.22. The Kier molecular flexibility index (Phi) is 5.66. The Morgan fingerprint density at radius 3 is 3.17 bits per heavy atom. The van der Waals surface area contributed by atoms with Crippen LogP contribution in [0.2, 0.25) is 0 Å². The maximum absolute atomic E-state index is 12.3. The second-order valence-corrected chi connectivity index (χ2v) is 7.49. The van der Waals surface area contributed by atoms with Gasteiger partial charge in [-0.25, -0.2) is 4.98 Å². The molecule has 7 nitrogen and oxygen atoms in total. The fourth-order valence-corrected chi connectivity index (χ4v) is 4.24. The van der Waals surface area contributed by atoms with Crippen molar-refractivity contribution < 1.29 is 9.53 Å². The van der Waals surface area contributed by atoms with E-state index in [1.807, 2.05) is 6.20 Å². The summed E-state index contributed by atoms with van der Waals surface area (Å²) in [5, 5.41) is 12.4. The number of carbonyl (C=O) groups excluding carboxylic acids is 1. The summed E-state index contributed by atoms with van der Waals surface area (Å²) in [6.45, 7) is 3.87. The Morgan fingerprint density at radius 1 is 1.54 bits per heavy atom. The molecule has 8 heteroatoms. The highest BCUT2D eigenvalue weighted by molar-refractivity contribution is 7.15. The average molecular weight is 349 g/mol. The van der Waals surface area contributed by atoms with Crippen LogP contribution in [0.4, 0.5) is 5.13 Å². The summed E-state index contributed by atoms with van der Waals surface area (Å²) in [6.07, 6.45) is 7.04. The van der Waals surface area contributed by atoms with E-state index in [9.17, 15) is 4.79 Å². The molecule has 2 atom stereocenters. The number of methoxy groups -OCH3 is 1. The third-order valence-corrected chi connectivity index (χ3v) is 5.60. The summed E-state index contributed by atoms with van der Waals surface area (Å²) in [5.41, 5.74) is 0. The molecule has 3 rings (SSSR count). The van der Waals surface area contributed by atoms with Crippen molar-refractivity contribution >= 4 is 22.4 Å². The number of hydrogen-bond donors (Lipinski definition) is 1. The van der Waals surface area contributed by atoms with Crippen LogP contribution in [0.5, 0.6) is 0 Å². The highest BCUT2D eigenvalue weighted by Crippen LogP contribution is 2.26. The molecule has 2 saturated heterocycles. The largest absolute Gasteiger partial charge is 0.383 e. The maximum atomic E-state index is 12.3. The zero-order chi connectivity index (χ0) is 16.9. The number of hydrogen-bond acceptors (Lipinski definition) is 7. The van der Waals surface area contributed by atoms with Gasteiger partial charge in [-0.2, -0.15) is 5.26 Å². The molecule has 24 heavy (non-hydrogen) atoms. The molecule has 2 fully saturated rings. The van der Waals surface area contributed by atoms with E-state index in [1.165, 1.54) is 24.2 Å². The van der Waals surface area contributed by atoms with Gasteiger partial charge in [0.05, 0.1) is 12.5 Å². The minimum Gasteiger partial charge on any atom is -0.383 e. The van der Waals surface area contributed by atoms with E-state index < -0.39 is 0 Å².